The molecule has 1 amide bonds. The van der Waals surface area contributed by atoms with Gasteiger partial charge in [0.05, 0.1) is 5.56 Å². The summed E-state index contributed by atoms with van der Waals surface area (Å²) >= 11 is 1.09. The predicted molar refractivity (Wildman–Crippen MR) is 110 cm³/mol. The van der Waals surface area contributed by atoms with E-state index in [-0.39, 0.29) is 16.4 Å². The molecule has 2 heterocycles. The molecule has 0 bridgehead atoms. The van der Waals surface area contributed by atoms with E-state index in [0.717, 1.165) is 17.8 Å². The summed E-state index contributed by atoms with van der Waals surface area (Å²) in [5.41, 5.74) is 4.86. The second-order valence-electron chi connectivity index (χ2n) is 6.66. The van der Waals surface area contributed by atoms with Crippen molar-refractivity contribution in [1.82, 2.24) is 10.3 Å². The highest BCUT2D eigenvalue weighted by atomic mass is 32.2. The first-order valence-electron chi connectivity index (χ1n) is 8.66. The van der Waals surface area contributed by atoms with Gasteiger partial charge in [-0.3, -0.25) is 4.79 Å². The summed E-state index contributed by atoms with van der Waals surface area (Å²) in [7, 11) is 0. The van der Waals surface area contributed by atoms with Crippen molar-refractivity contribution in [1.29, 1.82) is 5.26 Å². The number of carbonyl (C=O) groups excluding carboxylic acids is 1. The summed E-state index contributed by atoms with van der Waals surface area (Å²) in [5.74, 6) is -1.28. The molecule has 0 saturated heterocycles. The molecule has 3 atom stereocenters. The molecule has 0 unspecified atom stereocenters. The van der Waals surface area contributed by atoms with Crippen molar-refractivity contribution in [2.75, 3.05) is 0 Å². The quantitative estimate of drug-likeness (QED) is 0.713. The zero-order chi connectivity index (χ0) is 21.8. The maximum atomic E-state index is 14.7. The van der Waals surface area contributed by atoms with Crippen molar-refractivity contribution in [3.63, 3.8) is 0 Å². The highest BCUT2D eigenvalue weighted by molar-refractivity contribution is 8.14. The van der Waals surface area contributed by atoms with Crippen LogP contribution in [0.2, 0.25) is 0 Å². The third-order valence-electron chi connectivity index (χ3n) is 4.41. The van der Waals surface area contributed by atoms with Crippen LogP contribution in [-0.2, 0) is 0 Å². The Morgan fingerprint density at radius 2 is 2.17 bits per heavy atom. The molecule has 0 radical (unpaired) electrons. The molecule has 1 aliphatic heterocycles. The highest BCUT2D eigenvalue weighted by Gasteiger charge is 2.45. The molecule has 0 saturated carbocycles. The average molecular weight is 417 g/mol. The zero-order valence-electron chi connectivity index (χ0n) is 16.2. The van der Waals surface area contributed by atoms with Crippen molar-refractivity contribution in [2.45, 2.75) is 37.7 Å². The van der Waals surface area contributed by atoms with E-state index in [4.69, 9.17) is 11.0 Å². The van der Waals surface area contributed by atoms with Gasteiger partial charge in [-0.15, -0.1) is 0 Å². The SMILES string of the molecule is C=C(/C(F)=C\C=C(/C)NC(=O)c1ccc(C#N)cn1)[C@@]1(C)N=C(N)S[C@@H](C)[C@H]1F. The van der Waals surface area contributed by atoms with E-state index < -0.39 is 28.7 Å². The van der Waals surface area contributed by atoms with Crippen molar-refractivity contribution in [3.05, 3.63) is 65.4 Å². The van der Waals surface area contributed by atoms with E-state index in [1.165, 1.54) is 31.3 Å². The van der Waals surface area contributed by atoms with Crippen LogP contribution in [0.5, 0.6) is 0 Å². The number of nitriles is 1. The third-order valence-corrected chi connectivity index (χ3v) is 5.36. The first-order chi connectivity index (χ1) is 13.6. The molecular weight excluding hydrogens is 396 g/mol. The van der Waals surface area contributed by atoms with Gasteiger partial charge >= 0.3 is 0 Å². The van der Waals surface area contributed by atoms with Crippen LogP contribution in [0.3, 0.4) is 0 Å². The van der Waals surface area contributed by atoms with Crippen LogP contribution in [-0.4, -0.2) is 33.0 Å². The minimum Gasteiger partial charge on any atom is -0.379 e. The Balaban J connectivity index is 2.13. The Kier molecular flexibility index (Phi) is 6.93. The summed E-state index contributed by atoms with van der Waals surface area (Å²) in [5, 5.41) is 11.0. The monoisotopic (exact) mass is 417 g/mol. The number of alkyl halides is 1. The predicted octanol–water partition coefficient (Wildman–Crippen LogP) is 3.54. The lowest BCUT2D eigenvalue weighted by molar-refractivity contribution is 0.0961. The summed E-state index contributed by atoms with van der Waals surface area (Å²) in [6, 6.07) is 4.78. The number of nitrogens with one attached hydrogen (secondary N) is 1. The van der Waals surface area contributed by atoms with Gasteiger partial charge in [0.1, 0.15) is 29.3 Å². The normalized spacial score (nSPS) is 25.0. The lowest BCUT2D eigenvalue weighted by Gasteiger charge is -2.37. The highest BCUT2D eigenvalue weighted by Crippen LogP contribution is 2.40. The van der Waals surface area contributed by atoms with Crippen LogP contribution in [0.15, 0.2) is 59.1 Å². The van der Waals surface area contributed by atoms with Gasteiger partial charge in [0.2, 0.25) is 0 Å². The Morgan fingerprint density at radius 1 is 1.48 bits per heavy atom. The van der Waals surface area contributed by atoms with Crippen LogP contribution in [0.1, 0.15) is 36.8 Å². The largest absolute Gasteiger partial charge is 0.379 e. The summed E-state index contributed by atoms with van der Waals surface area (Å²) in [6.45, 7) is 8.33. The van der Waals surface area contributed by atoms with Gasteiger partial charge in [0.25, 0.3) is 5.91 Å². The molecule has 2 rings (SSSR count). The maximum Gasteiger partial charge on any atom is 0.273 e. The third kappa shape index (κ3) is 5.09. The minimum atomic E-state index is -1.51. The molecule has 29 heavy (non-hydrogen) atoms. The van der Waals surface area contributed by atoms with E-state index in [1.807, 2.05) is 6.07 Å². The van der Waals surface area contributed by atoms with Crippen molar-refractivity contribution in [3.8, 4) is 6.07 Å². The fourth-order valence-electron chi connectivity index (χ4n) is 2.68. The summed E-state index contributed by atoms with van der Waals surface area (Å²) < 4.78 is 29.3. The van der Waals surface area contributed by atoms with E-state index >= 15 is 0 Å². The van der Waals surface area contributed by atoms with Gasteiger partial charge in [-0.25, -0.2) is 18.8 Å². The number of allylic oxidation sites excluding steroid dienone is 3. The fourth-order valence-corrected chi connectivity index (χ4v) is 3.69. The number of halogens is 2. The van der Waals surface area contributed by atoms with Crippen LogP contribution in [0.4, 0.5) is 8.78 Å². The summed E-state index contributed by atoms with van der Waals surface area (Å²) in [6.07, 6.45) is 2.23. The Morgan fingerprint density at radius 3 is 2.76 bits per heavy atom. The topological polar surface area (TPSA) is 104 Å². The standard InChI is InChI=1S/C20H21F2N5OS/c1-11(26-18(28)16-8-6-14(9-23)10-25-16)5-7-15(21)12(2)20(4)17(22)13(3)29-19(24)27-20/h5-8,10,13,17H,2H2,1,3-4H3,(H2,24,27)(H,26,28)/b11-5+,15-7+/t13-,17+,20+/m0/s1. The zero-order valence-corrected chi connectivity index (χ0v) is 17.1. The van der Waals surface area contributed by atoms with Crippen LogP contribution in [0.25, 0.3) is 0 Å². The number of pyridine rings is 1. The molecule has 0 aliphatic carbocycles. The van der Waals surface area contributed by atoms with Crippen molar-refractivity contribution in [2.24, 2.45) is 10.7 Å². The van der Waals surface area contributed by atoms with E-state index in [0.29, 0.717) is 11.3 Å². The molecule has 3 N–H and O–H groups in total. The number of hydrogen-bond donors (Lipinski definition) is 2. The lowest BCUT2D eigenvalue weighted by atomic mass is 9.85. The smallest absolute Gasteiger partial charge is 0.273 e. The van der Waals surface area contributed by atoms with E-state index in [1.54, 1.807) is 13.8 Å². The molecule has 0 spiro atoms. The Bertz CT molecular complexity index is 949. The first-order valence-corrected chi connectivity index (χ1v) is 9.54. The molecular formula is C20H21F2N5OS. The van der Waals surface area contributed by atoms with Crippen molar-refractivity contribution < 1.29 is 13.6 Å². The first kappa shape index (κ1) is 22.3. The van der Waals surface area contributed by atoms with Gasteiger partial charge in [-0.05, 0) is 45.1 Å². The fraction of sp³-hybridized carbons (Fsp3) is 0.300. The number of thioether (sulfide) groups is 1. The number of hydrogen-bond acceptors (Lipinski definition) is 6. The molecule has 152 valence electrons. The minimum absolute atomic E-state index is 0.108. The van der Waals surface area contributed by atoms with Crippen LogP contribution < -0.4 is 11.1 Å². The van der Waals surface area contributed by atoms with Crippen LogP contribution >= 0.6 is 11.8 Å². The number of carbonyl (C=O) groups is 1. The number of amidine groups is 1. The molecule has 1 aromatic rings. The number of aromatic nitrogens is 1. The Hall–Kier alpha value is -2.99. The number of nitrogens with two attached hydrogens (primary N) is 1. The molecule has 6 nitrogen and oxygen atoms in total. The van der Waals surface area contributed by atoms with E-state index in [9.17, 15) is 13.6 Å². The maximum absolute atomic E-state index is 14.7. The van der Waals surface area contributed by atoms with E-state index in [2.05, 4.69) is 21.9 Å². The van der Waals surface area contributed by atoms with Crippen LogP contribution in [0, 0.1) is 11.3 Å². The number of rotatable bonds is 5. The van der Waals surface area contributed by atoms with Gasteiger partial charge in [-0.2, -0.15) is 5.26 Å². The molecule has 0 fully saturated rings. The van der Waals surface area contributed by atoms with Gasteiger partial charge in [0, 0.05) is 22.7 Å². The van der Waals surface area contributed by atoms with Gasteiger partial charge < -0.3 is 11.1 Å². The lowest BCUT2D eigenvalue weighted by Crippen LogP contribution is -2.47. The summed E-state index contributed by atoms with van der Waals surface area (Å²) in [4.78, 5) is 20.1. The van der Waals surface area contributed by atoms with Gasteiger partial charge in [-0.1, -0.05) is 18.3 Å². The Labute approximate surface area is 172 Å². The molecule has 1 aliphatic rings. The second kappa shape index (κ2) is 9.01. The second-order valence-corrected chi connectivity index (χ2v) is 8.06. The van der Waals surface area contributed by atoms with Crippen molar-refractivity contribution >= 4 is 22.8 Å². The number of aliphatic imine (C=N–C) groups is 1. The van der Waals surface area contributed by atoms with Gasteiger partial charge in [0.15, 0.2) is 5.17 Å². The molecule has 0 aromatic carbocycles. The molecule has 9 heteroatoms. The average Bonchev–Trinajstić information content (AvgIpc) is 2.69. The number of nitrogens with zero attached hydrogens (tertiary/aromatic N) is 3. The number of amides is 1. The molecule has 1 aromatic heterocycles.